The van der Waals surface area contributed by atoms with Gasteiger partial charge in [-0.1, -0.05) is 24.3 Å². The molecule has 3 nitrogen and oxygen atoms in total. The summed E-state index contributed by atoms with van der Waals surface area (Å²) in [5.41, 5.74) is 2.60. The van der Waals surface area contributed by atoms with E-state index < -0.39 is 0 Å². The van der Waals surface area contributed by atoms with E-state index in [-0.39, 0.29) is 0 Å². The molecule has 0 bridgehead atoms. The van der Waals surface area contributed by atoms with Crippen LogP contribution in [0.3, 0.4) is 0 Å². The van der Waals surface area contributed by atoms with Crippen LogP contribution in [0.4, 0.5) is 0 Å². The Morgan fingerprint density at radius 1 is 1.15 bits per heavy atom. The Hall–Kier alpha value is -0.900. The summed E-state index contributed by atoms with van der Waals surface area (Å²) in [6, 6.07) is 10.1. The molecule has 0 spiro atoms. The van der Waals surface area contributed by atoms with Crippen LogP contribution in [-0.2, 0) is 17.9 Å². The summed E-state index contributed by atoms with van der Waals surface area (Å²) in [5.74, 6) is 0. The summed E-state index contributed by atoms with van der Waals surface area (Å²) in [6.45, 7) is 8.69. The van der Waals surface area contributed by atoms with E-state index in [1.165, 1.54) is 37.1 Å². The van der Waals surface area contributed by atoms with Crippen molar-refractivity contribution in [3.05, 3.63) is 35.4 Å². The number of hydrogen-bond acceptors (Lipinski definition) is 3. The molecule has 1 aromatic carbocycles. The van der Waals surface area contributed by atoms with Crippen molar-refractivity contribution in [1.82, 2.24) is 10.2 Å². The summed E-state index contributed by atoms with van der Waals surface area (Å²) in [7, 11) is 1.74. The van der Waals surface area contributed by atoms with Gasteiger partial charge in [0.15, 0.2) is 0 Å². The smallest absolute Gasteiger partial charge is 0.0713 e. The van der Waals surface area contributed by atoms with Crippen LogP contribution in [0.2, 0.25) is 0 Å². The number of benzene rings is 1. The lowest BCUT2D eigenvalue weighted by Gasteiger charge is -2.35. The van der Waals surface area contributed by atoms with Crippen molar-refractivity contribution in [2.45, 2.75) is 51.9 Å². The second-order valence-electron chi connectivity index (χ2n) is 6.03. The molecule has 1 aliphatic rings. The molecule has 1 heterocycles. The van der Waals surface area contributed by atoms with Gasteiger partial charge in [-0.15, -0.1) is 0 Å². The van der Waals surface area contributed by atoms with Crippen LogP contribution in [-0.4, -0.2) is 37.2 Å². The maximum atomic E-state index is 5.13. The van der Waals surface area contributed by atoms with E-state index in [2.05, 4.69) is 48.3 Å². The molecule has 0 unspecified atom stereocenters. The van der Waals surface area contributed by atoms with Crippen LogP contribution in [0.15, 0.2) is 24.3 Å². The van der Waals surface area contributed by atoms with Crippen molar-refractivity contribution in [1.29, 1.82) is 0 Å². The summed E-state index contributed by atoms with van der Waals surface area (Å²) in [6.07, 6.45) is 2.53. The first-order valence-electron chi connectivity index (χ1n) is 7.73. The molecule has 2 rings (SSSR count). The summed E-state index contributed by atoms with van der Waals surface area (Å²) < 4.78 is 5.13. The number of hydrogen-bond donors (Lipinski definition) is 1. The highest BCUT2D eigenvalue weighted by molar-refractivity contribution is 5.22. The molecule has 1 saturated heterocycles. The number of rotatable bonds is 6. The van der Waals surface area contributed by atoms with Gasteiger partial charge in [0.05, 0.1) is 6.61 Å². The Kier molecular flexibility index (Phi) is 6.02. The molecule has 1 aromatic rings. The minimum absolute atomic E-state index is 0.670. The number of ether oxygens (including phenoxy) is 1. The average Bonchev–Trinajstić information content (AvgIpc) is 2.47. The fourth-order valence-electron chi connectivity index (χ4n) is 2.80. The molecule has 112 valence electrons. The van der Waals surface area contributed by atoms with Gasteiger partial charge < -0.3 is 15.0 Å². The van der Waals surface area contributed by atoms with Crippen molar-refractivity contribution in [3.8, 4) is 0 Å². The minimum Gasteiger partial charge on any atom is -0.380 e. The number of piperidine rings is 1. The van der Waals surface area contributed by atoms with Crippen LogP contribution in [0, 0.1) is 0 Å². The van der Waals surface area contributed by atoms with Crippen LogP contribution < -0.4 is 5.32 Å². The van der Waals surface area contributed by atoms with E-state index in [1.807, 2.05) is 0 Å². The summed E-state index contributed by atoms with van der Waals surface area (Å²) in [5, 5.41) is 3.69. The van der Waals surface area contributed by atoms with Crippen LogP contribution in [0.1, 0.15) is 37.8 Å². The van der Waals surface area contributed by atoms with Crippen LogP contribution in [0.25, 0.3) is 0 Å². The molecule has 0 amide bonds. The van der Waals surface area contributed by atoms with Crippen LogP contribution >= 0.6 is 0 Å². The molecule has 0 atom stereocenters. The molecule has 0 aromatic heterocycles. The Morgan fingerprint density at radius 2 is 1.75 bits per heavy atom. The normalized spacial score (nSPS) is 17.8. The van der Waals surface area contributed by atoms with Gasteiger partial charge in [0.1, 0.15) is 0 Å². The molecule has 1 fully saturated rings. The number of nitrogens with zero attached hydrogens (tertiary/aromatic N) is 1. The van der Waals surface area contributed by atoms with E-state index >= 15 is 0 Å². The van der Waals surface area contributed by atoms with Crippen LogP contribution in [0.5, 0.6) is 0 Å². The van der Waals surface area contributed by atoms with E-state index in [4.69, 9.17) is 4.74 Å². The second-order valence-corrected chi connectivity index (χ2v) is 6.03. The molecule has 20 heavy (non-hydrogen) atoms. The summed E-state index contributed by atoms with van der Waals surface area (Å²) >= 11 is 0. The first kappa shape index (κ1) is 15.5. The Morgan fingerprint density at radius 3 is 2.30 bits per heavy atom. The van der Waals surface area contributed by atoms with Crippen molar-refractivity contribution in [2.75, 3.05) is 20.2 Å². The zero-order valence-corrected chi connectivity index (χ0v) is 13.1. The van der Waals surface area contributed by atoms with Gasteiger partial charge in [-0.25, -0.2) is 0 Å². The molecule has 1 aliphatic heterocycles. The monoisotopic (exact) mass is 276 g/mol. The van der Waals surface area contributed by atoms with Crippen molar-refractivity contribution < 1.29 is 4.74 Å². The maximum absolute atomic E-state index is 5.13. The van der Waals surface area contributed by atoms with E-state index in [9.17, 15) is 0 Å². The third-order valence-electron chi connectivity index (χ3n) is 4.19. The Labute approximate surface area is 123 Å². The molecular formula is C17H28N2O. The van der Waals surface area contributed by atoms with E-state index in [0.717, 1.165) is 6.54 Å². The number of likely N-dealkylation sites (tertiary alicyclic amines) is 1. The quantitative estimate of drug-likeness (QED) is 0.864. The van der Waals surface area contributed by atoms with Crippen molar-refractivity contribution >= 4 is 0 Å². The van der Waals surface area contributed by atoms with E-state index in [0.29, 0.717) is 18.7 Å². The maximum Gasteiger partial charge on any atom is 0.0713 e. The molecule has 0 aliphatic carbocycles. The number of nitrogens with one attached hydrogen (secondary N) is 1. The first-order valence-corrected chi connectivity index (χ1v) is 7.73. The second kappa shape index (κ2) is 7.77. The topological polar surface area (TPSA) is 24.5 Å². The predicted octanol–water partition coefficient (Wildman–Crippen LogP) is 2.80. The molecule has 3 heteroatoms. The lowest BCUT2D eigenvalue weighted by Crippen LogP contribution is -2.44. The molecule has 1 N–H and O–H groups in total. The minimum atomic E-state index is 0.670. The molecular weight excluding hydrogens is 248 g/mol. The molecule has 0 saturated carbocycles. The lowest BCUT2D eigenvalue weighted by molar-refractivity contribution is 0.161. The van der Waals surface area contributed by atoms with Gasteiger partial charge in [-0.3, -0.25) is 0 Å². The average molecular weight is 276 g/mol. The highest BCUT2D eigenvalue weighted by atomic mass is 16.5. The van der Waals surface area contributed by atoms with Gasteiger partial charge in [-0.05, 0) is 50.9 Å². The van der Waals surface area contributed by atoms with Gasteiger partial charge in [0.25, 0.3) is 0 Å². The lowest BCUT2D eigenvalue weighted by atomic mass is 10.0. The fraction of sp³-hybridized carbons (Fsp3) is 0.647. The Bertz CT molecular complexity index is 380. The highest BCUT2D eigenvalue weighted by Crippen LogP contribution is 2.14. The standard InChI is InChI=1S/C17H28N2O/c1-14(2)19-10-8-17(9-11-19)18-12-15-4-6-16(7-5-15)13-20-3/h4-7,14,17-18H,8-13H2,1-3H3. The SMILES string of the molecule is COCc1ccc(CNC2CCN(C(C)C)CC2)cc1. The van der Waals surface area contributed by atoms with Gasteiger partial charge in [0.2, 0.25) is 0 Å². The Balaban J connectivity index is 1.73. The third kappa shape index (κ3) is 4.58. The van der Waals surface area contributed by atoms with Crippen molar-refractivity contribution in [2.24, 2.45) is 0 Å². The fourth-order valence-corrected chi connectivity index (χ4v) is 2.80. The van der Waals surface area contributed by atoms with Crippen molar-refractivity contribution in [3.63, 3.8) is 0 Å². The predicted molar refractivity (Wildman–Crippen MR) is 83.7 cm³/mol. The van der Waals surface area contributed by atoms with E-state index in [1.54, 1.807) is 7.11 Å². The highest BCUT2D eigenvalue weighted by Gasteiger charge is 2.20. The van der Waals surface area contributed by atoms with Gasteiger partial charge in [0, 0.05) is 25.7 Å². The zero-order chi connectivity index (χ0) is 14.4. The summed E-state index contributed by atoms with van der Waals surface area (Å²) in [4.78, 5) is 2.57. The van der Waals surface area contributed by atoms with Gasteiger partial charge >= 0.3 is 0 Å². The largest absolute Gasteiger partial charge is 0.380 e. The zero-order valence-electron chi connectivity index (χ0n) is 13.1. The first-order chi connectivity index (χ1) is 9.69. The number of methoxy groups -OCH3 is 1. The van der Waals surface area contributed by atoms with Gasteiger partial charge in [-0.2, -0.15) is 0 Å². The third-order valence-corrected chi connectivity index (χ3v) is 4.19. The molecule has 0 radical (unpaired) electrons.